The van der Waals surface area contributed by atoms with Gasteiger partial charge in [-0.1, -0.05) is 37.3 Å². The number of nitriles is 1. The van der Waals surface area contributed by atoms with E-state index in [0.717, 1.165) is 35.6 Å². The van der Waals surface area contributed by atoms with Crippen LogP contribution in [0.1, 0.15) is 34.0 Å². The molecule has 0 aliphatic carbocycles. The summed E-state index contributed by atoms with van der Waals surface area (Å²) in [5.41, 5.74) is 5.79. The van der Waals surface area contributed by atoms with Gasteiger partial charge in [-0.15, -0.1) is 0 Å². The van der Waals surface area contributed by atoms with Crippen molar-refractivity contribution in [1.82, 2.24) is 4.90 Å². The minimum absolute atomic E-state index is 0.0334. The fourth-order valence-electron chi connectivity index (χ4n) is 5.91. The fraction of sp³-hybridized carbons (Fsp3) is 0.355. The van der Waals surface area contributed by atoms with E-state index in [9.17, 15) is 18.5 Å². The number of carbonyl (C=O) groups is 1. The Hall–Kier alpha value is -4.07. The maximum Gasteiger partial charge on any atom is 0.254 e. The molecule has 9 nitrogen and oxygen atoms in total. The normalized spacial score (nSPS) is 19.2. The molecule has 0 saturated carbocycles. The molecule has 214 valence electrons. The van der Waals surface area contributed by atoms with Crippen molar-refractivity contribution in [3.63, 3.8) is 0 Å². The molecule has 0 bridgehead atoms. The predicted octanol–water partition coefficient (Wildman–Crippen LogP) is 3.72. The zero-order valence-corrected chi connectivity index (χ0v) is 24.5. The van der Waals surface area contributed by atoms with Crippen LogP contribution in [0, 0.1) is 31.1 Å². The number of sulfonamides is 1. The number of nitrogens with zero attached hydrogens (tertiary/aromatic N) is 4. The molecule has 2 heterocycles. The number of nitrogens with two attached hydrogens (primary N) is 1. The van der Waals surface area contributed by atoms with Gasteiger partial charge in [0.05, 0.1) is 16.9 Å². The first kappa shape index (κ1) is 28.5. The Kier molecular flexibility index (Phi) is 7.93. The molecule has 2 atom stereocenters. The molecule has 5 rings (SSSR count). The summed E-state index contributed by atoms with van der Waals surface area (Å²) in [6.07, 6.45) is 0. The largest absolute Gasteiger partial charge is 0.380 e. The van der Waals surface area contributed by atoms with E-state index >= 15 is 0 Å². The van der Waals surface area contributed by atoms with E-state index in [0.29, 0.717) is 48.9 Å². The van der Waals surface area contributed by atoms with Gasteiger partial charge in [0, 0.05) is 56.6 Å². The average molecular weight is 573 g/mol. The predicted molar refractivity (Wildman–Crippen MR) is 162 cm³/mol. The lowest BCUT2D eigenvalue weighted by Gasteiger charge is -2.37. The van der Waals surface area contributed by atoms with E-state index in [1.165, 1.54) is 6.07 Å². The van der Waals surface area contributed by atoms with Crippen LogP contribution in [0.2, 0.25) is 0 Å². The molecule has 2 aliphatic heterocycles. The molecule has 0 aromatic heterocycles. The SMILES string of the molecule is Cc1cc(C)c(C(=O)N2CCN(c3ccccc3S(N)(=O)=O)CC2)cc1NC1CN(c2ccccc2C#N)CC1C. The Morgan fingerprint density at radius 1 is 0.927 bits per heavy atom. The van der Waals surface area contributed by atoms with Gasteiger partial charge in [0.15, 0.2) is 0 Å². The van der Waals surface area contributed by atoms with Gasteiger partial charge in [-0.3, -0.25) is 4.79 Å². The summed E-state index contributed by atoms with van der Waals surface area (Å²) < 4.78 is 24.2. The molecule has 0 radical (unpaired) electrons. The van der Waals surface area contributed by atoms with Gasteiger partial charge in [0.25, 0.3) is 5.91 Å². The van der Waals surface area contributed by atoms with Crippen molar-refractivity contribution in [3.8, 4) is 6.07 Å². The van der Waals surface area contributed by atoms with E-state index < -0.39 is 10.0 Å². The van der Waals surface area contributed by atoms with Gasteiger partial charge in [-0.25, -0.2) is 13.6 Å². The molecular formula is C31H36N6O3S. The maximum absolute atomic E-state index is 13.7. The quantitative estimate of drug-likeness (QED) is 0.462. The second kappa shape index (κ2) is 11.4. The van der Waals surface area contributed by atoms with E-state index in [4.69, 9.17) is 5.14 Å². The lowest BCUT2D eigenvalue weighted by molar-refractivity contribution is 0.0746. The second-order valence-corrected chi connectivity index (χ2v) is 12.6. The van der Waals surface area contributed by atoms with Gasteiger partial charge < -0.3 is 20.0 Å². The number of carbonyl (C=O) groups excluding carboxylic acids is 1. The Bertz CT molecular complexity index is 1610. The van der Waals surface area contributed by atoms with E-state index in [-0.39, 0.29) is 16.8 Å². The summed E-state index contributed by atoms with van der Waals surface area (Å²) in [4.78, 5) is 19.8. The van der Waals surface area contributed by atoms with Crippen LogP contribution in [-0.2, 0) is 10.0 Å². The molecule has 3 N–H and O–H groups in total. The van der Waals surface area contributed by atoms with Crippen molar-refractivity contribution in [2.45, 2.75) is 31.7 Å². The number of para-hydroxylation sites is 2. The van der Waals surface area contributed by atoms with Gasteiger partial charge in [0.1, 0.15) is 11.0 Å². The molecule has 2 aliphatic rings. The van der Waals surface area contributed by atoms with Crippen LogP contribution < -0.4 is 20.3 Å². The molecule has 10 heteroatoms. The minimum Gasteiger partial charge on any atom is -0.380 e. The number of nitrogens with one attached hydrogen (secondary N) is 1. The van der Waals surface area contributed by atoms with Crippen LogP contribution >= 0.6 is 0 Å². The third-order valence-corrected chi connectivity index (χ3v) is 9.16. The lowest BCUT2D eigenvalue weighted by atomic mass is 10.00. The third kappa shape index (κ3) is 5.87. The third-order valence-electron chi connectivity index (χ3n) is 8.20. The molecule has 1 amide bonds. The van der Waals surface area contributed by atoms with Crippen LogP contribution in [0.5, 0.6) is 0 Å². The van der Waals surface area contributed by atoms with Crippen molar-refractivity contribution in [3.05, 3.63) is 82.9 Å². The number of hydrogen-bond acceptors (Lipinski definition) is 7. The minimum atomic E-state index is -3.85. The maximum atomic E-state index is 13.7. The standard InChI is InChI=1S/C31H36N6O3S/c1-21-16-22(2)26(34-27-20-37(19-23(27)3)28-9-5-4-8-24(28)18-32)17-25(21)31(38)36-14-12-35(13-15-36)29-10-6-7-11-30(29)41(33,39)40/h4-11,16-17,23,27,34H,12-15,19-20H2,1-3H3,(H2,33,39,40). The Morgan fingerprint density at radius 3 is 2.27 bits per heavy atom. The molecule has 41 heavy (non-hydrogen) atoms. The summed E-state index contributed by atoms with van der Waals surface area (Å²) in [6, 6.07) is 20.9. The van der Waals surface area contributed by atoms with Crippen LogP contribution in [0.3, 0.4) is 0 Å². The number of rotatable bonds is 6. The molecule has 3 aromatic carbocycles. The molecule has 0 spiro atoms. The van der Waals surface area contributed by atoms with Crippen LogP contribution in [-0.4, -0.2) is 64.5 Å². The monoisotopic (exact) mass is 572 g/mol. The van der Waals surface area contributed by atoms with E-state index in [1.54, 1.807) is 18.2 Å². The number of anilines is 3. The highest BCUT2D eigenvalue weighted by Gasteiger charge is 2.32. The molecule has 2 fully saturated rings. The first-order valence-corrected chi connectivity index (χ1v) is 15.4. The summed E-state index contributed by atoms with van der Waals surface area (Å²) in [7, 11) is -3.85. The van der Waals surface area contributed by atoms with Crippen molar-refractivity contribution in [2.75, 3.05) is 54.4 Å². The number of piperazine rings is 1. The average Bonchev–Trinajstić information content (AvgIpc) is 3.33. The zero-order valence-electron chi connectivity index (χ0n) is 23.7. The number of benzene rings is 3. The van der Waals surface area contributed by atoms with E-state index in [1.807, 2.05) is 54.0 Å². The smallest absolute Gasteiger partial charge is 0.254 e. The highest BCUT2D eigenvalue weighted by Crippen LogP contribution is 2.31. The highest BCUT2D eigenvalue weighted by atomic mass is 32.2. The zero-order chi connectivity index (χ0) is 29.3. The Balaban J connectivity index is 1.29. The summed E-state index contributed by atoms with van der Waals surface area (Å²) in [5, 5.41) is 18.7. The molecule has 2 unspecified atom stereocenters. The molecule has 2 saturated heterocycles. The van der Waals surface area contributed by atoms with Crippen molar-refractivity contribution >= 4 is 33.0 Å². The fourth-order valence-corrected chi connectivity index (χ4v) is 6.67. The Labute approximate surface area is 242 Å². The van der Waals surface area contributed by atoms with Crippen LogP contribution in [0.25, 0.3) is 0 Å². The van der Waals surface area contributed by atoms with Gasteiger partial charge in [-0.05, 0) is 61.2 Å². The second-order valence-electron chi connectivity index (χ2n) is 11.0. The topological polar surface area (TPSA) is 123 Å². The van der Waals surface area contributed by atoms with Crippen LogP contribution in [0.15, 0.2) is 65.6 Å². The first-order valence-electron chi connectivity index (χ1n) is 13.8. The number of primary sulfonamides is 1. The molecule has 3 aromatic rings. The number of hydrogen-bond donors (Lipinski definition) is 2. The highest BCUT2D eigenvalue weighted by molar-refractivity contribution is 7.89. The van der Waals surface area contributed by atoms with Gasteiger partial charge >= 0.3 is 0 Å². The summed E-state index contributed by atoms with van der Waals surface area (Å²) >= 11 is 0. The van der Waals surface area contributed by atoms with Crippen molar-refractivity contribution in [2.24, 2.45) is 11.1 Å². The summed E-state index contributed by atoms with van der Waals surface area (Å²) in [5.74, 6) is 0.309. The number of amides is 1. The van der Waals surface area contributed by atoms with E-state index in [2.05, 4.69) is 29.3 Å². The van der Waals surface area contributed by atoms with Gasteiger partial charge in [0.2, 0.25) is 10.0 Å². The Morgan fingerprint density at radius 2 is 1.59 bits per heavy atom. The molecular weight excluding hydrogens is 536 g/mol. The summed E-state index contributed by atoms with van der Waals surface area (Å²) in [6.45, 7) is 9.78. The first-order chi connectivity index (χ1) is 19.6. The van der Waals surface area contributed by atoms with Crippen LogP contribution in [0.4, 0.5) is 17.1 Å². The lowest BCUT2D eigenvalue weighted by Crippen LogP contribution is -2.49. The van der Waals surface area contributed by atoms with Crippen molar-refractivity contribution in [1.29, 1.82) is 5.26 Å². The van der Waals surface area contributed by atoms with Gasteiger partial charge in [-0.2, -0.15) is 5.26 Å². The van der Waals surface area contributed by atoms with Crippen molar-refractivity contribution < 1.29 is 13.2 Å². The number of aryl methyl sites for hydroxylation is 2.